The molecule has 0 bridgehead atoms. The summed E-state index contributed by atoms with van der Waals surface area (Å²) in [4.78, 5) is 25.9. The zero-order chi connectivity index (χ0) is 14.9. The van der Waals surface area contributed by atoms with Gasteiger partial charge >= 0.3 is 0 Å². The maximum atomic E-state index is 11.9. The van der Waals surface area contributed by atoms with E-state index in [1.165, 1.54) is 6.33 Å². The zero-order valence-corrected chi connectivity index (χ0v) is 10.1. The Balaban J connectivity index is 2.31. The highest BCUT2D eigenvalue weighted by Gasteiger charge is 2.32. The van der Waals surface area contributed by atoms with E-state index >= 15 is 0 Å². The molecule has 2 aromatic rings. The average molecular weight is 283 g/mol. The van der Waals surface area contributed by atoms with Crippen LogP contribution >= 0.6 is 0 Å². The van der Waals surface area contributed by atoms with Crippen molar-refractivity contribution in [1.29, 1.82) is 0 Å². The van der Waals surface area contributed by atoms with Gasteiger partial charge in [-0.2, -0.15) is 0 Å². The molecular weight excluding hydrogens is 270 g/mol. The fraction of sp³-hybridized carbons (Fsp3) is 0.400. The Bertz CT molecular complexity index is 630. The topological polar surface area (TPSA) is 178 Å². The van der Waals surface area contributed by atoms with Gasteiger partial charge in [0.05, 0.1) is 12.9 Å². The van der Waals surface area contributed by atoms with Gasteiger partial charge in [-0.25, -0.2) is 15.0 Å². The third-order valence-electron chi connectivity index (χ3n) is 2.71. The molecule has 2 rings (SSSR count). The van der Waals surface area contributed by atoms with Crippen LogP contribution in [0.5, 0.6) is 0 Å². The second-order valence-corrected chi connectivity index (χ2v) is 4.08. The maximum absolute atomic E-state index is 11.9. The van der Waals surface area contributed by atoms with Crippen LogP contribution in [0.4, 0.5) is 5.82 Å². The normalized spacial score (nSPS) is 16.0. The Labute approximate surface area is 111 Å². The van der Waals surface area contributed by atoms with Crippen LogP contribution in [0.15, 0.2) is 6.33 Å². The fourth-order valence-corrected chi connectivity index (χ4v) is 1.57. The van der Waals surface area contributed by atoms with Gasteiger partial charge in [0.2, 0.25) is 11.6 Å². The summed E-state index contributed by atoms with van der Waals surface area (Å²) in [7, 11) is 0. The van der Waals surface area contributed by atoms with Crippen molar-refractivity contribution in [2.24, 2.45) is 0 Å². The number of nitrogens with one attached hydrogen (secondary N) is 1. The van der Waals surface area contributed by atoms with E-state index in [0.29, 0.717) is 5.52 Å². The first kappa shape index (κ1) is 14.3. The van der Waals surface area contributed by atoms with Crippen LogP contribution < -0.4 is 5.73 Å². The number of aliphatic hydroxyl groups is 4. The van der Waals surface area contributed by atoms with E-state index in [9.17, 15) is 20.1 Å². The molecule has 0 aromatic carbocycles. The lowest BCUT2D eigenvalue weighted by atomic mass is 10.0. The van der Waals surface area contributed by atoms with Crippen molar-refractivity contribution in [3.8, 4) is 0 Å². The van der Waals surface area contributed by atoms with Crippen molar-refractivity contribution < 1.29 is 25.2 Å². The summed E-state index contributed by atoms with van der Waals surface area (Å²) in [6, 6.07) is 0. The molecule has 0 aliphatic rings. The number of nitrogen functional groups attached to an aromatic ring is 1. The number of aromatic nitrogens is 4. The second kappa shape index (κ2) is 5.46. The summed E-state index contributed by atoms with van der Waals surface area (Å²) in [6.07, 6.45) is -4.22. The van der Waals surface area contributed by atoms with Crippen molar-refractivity contribution in [3.05, 3.63) is 12.2 Å². The number of H-pyrrole nitrogens is 1. The highest BCUT2D eigenvalue weighted by atomic mass is 16.4. The molecule has 10 nitrogen and oxygen atoms in total. The van der Waals surface area contributed by atoms with Gasteiger partial charge in [0.25, 0.3) is 0 Å². The molecule has 0 spiro atoms. The molecule has 3 atom stereocenters. The zero-order valence-electron chi connectivity index (χ0n) is 10.1. The minimum absolute atomic E-state index is 0.0414. The summed E-state index contributed by atoms with van der Waals surface area (Å²) in [6.45, 7) is -0.813. The van der Waals surface area contributed by atoms with Gasteiger partial charge in [-0.3, -0.25) is 4.79 Å². The minimum Gasteiger partial charge on any atom is -0.394 e. The number of anilines is 1. The number of aromatic amines is 1. The van der Waals surface area contributed by atoms with Crippen LogP contribution in [0, 0.1) is 0 Å². The van der Waals surface area contributed by atoms with E-state index in [1.807, 2.05) is 0 Å². The Morgan fingerprint density at radius 1 is 1.35 bits per heavy atom. The van der Waals surface area contributed by atoms with Crippen molar-refractivity contribution in [3.63, 3.8) is 0 Å². The monoisotopic (exact) mass is 283 g/mol. The SMILES string of the molecule is Nc1nc(C(=O)[C@H](O)[C@H](O)[C@H](O)CO)nc2nc[nH]c12. The number of hydrogen-bond donors (Lipinski definition) is 6. The van der Waals surface area contributed by atoms with E-state index in [1.54, 1.807) is 0 Å². The Morgan fingerprint density at radius 3 is 2.70 bits per heavy atom. The van der Waals surface area contributed by atoms with Crippen LogP contribution in [0.25, 0.3) is 11.2 Å². The number of ketones is 1. The van der Waals surface area contributed by atoms with E-state index in [0.717, 1.165) is 0 Å². The van der Waals surface area contributed by atoms with Crippen LogP contribution in [0.2, 0.25) is 0 Å². The van der Waals surface area contributed by atoms with Gasteiger partial charge < -0.3 is 31.1 Å². The molecule has 2 heterocycles. The number of imidazole rings is 1. The first-order valence-corrected chi connectivity index (χ1v) is 5.61. The molecule has 108 valence electrons. The van der Waals surface area contributed by atoms with Gasteiger partial charge in [-0.1, -0.05) is 0 Å². The summed E-state index contributed by atoms with van der Waals surface area (Å²) in [5.41, 5.74) is 6.06. The van der Waals surface area contributed by atoms with Crippen LogP contribution in [-0.4, -0.2) is 71.1 Å². The van der Waals surface area contributed by atoms with E-state index in [4.69, 9.17) is 10.8 Å². The Hall–Kier alpha value is -2.14. The number of rotatable bonds is 5. The molecule has 0 aliphatic heterocycles. The van der Waals surface area contributed by atoms with E-state index < -0.39 is 36.5 Å². The smallest absolute Gasteiger partial charge is 0.231 e. The first-order chi connectivity index (χ1) is 9.45. The van der Waals surface area contributed by atoms with Crippen LogP contribution in [-0.2, 0) is 0 Å². The number of nitrogens with zero attached hydrogens (tertiary/aromatic N) is 3. The van der Waals surface area contributed by atoms with Gasteiger partial charge in [0.1, 0.15) is 23.8 Å². The molecule has 0 unspecified atom stereocenters. The fourth-order valence-electron chi connectivity index (χ4n) is 1.57. The summed E-state index contributed by atoms with van der Waals surface area (Å²) >= 11 is 0. The standard InChI is InChI=1S/C10H13N5O5/c11-8-4-9(13-2-12-4)15-10(14-8)7(20)6(19)5(18)3(17)1-16/h2-3,5-6,16-19H,1H2,(H3,11,12,13,14,15)/t3-,5-,6-/m1/s1. The molecule has 0 aliphatic carbocycles. The molecule has 20 heavy (non-hydrogen) atoms. The van der Waals surface area contributed by atoms with Gasteiger partial charge in [-0.15, -0.1) is 0 Å². The third-order valence-corrected chi connectivity index (χ3v) is 2.71. The quantitative estimate of drug-likeness (QED) is 0.316. The number of nitrogens with two attached hydrogens (primary N) is 1. The summed E-state index contributed by atoms with van der Waals surface area (Å²) in [5, 5.41) is 37.0. The lowest BCUT2D eigenvalue weighted by molar-refractivity contribution is -0.0648. The molecule has 0 radical (unpaired) electrons. The number of carbonyl (C=O) groups is 1. The van der Waals surface area contributed by atoms with Crippen molar-refractivity contribution >= 4 is 22.8 Å². The van der Waals surface area contributed by atoms with Crippen LogP contribution in [0.1, 0.15) is 10.6 Å². The maximum Gasteiger partial charge on any atom is 0.231 e. The molecule has 0 saturated carbocycles. The first-order valence-electron chi connectivity index (χ1n) is 5.61. The lowest BCUT2D eigenvalue weighted by Crippen LogP contribution is -2.44. The molecule has 7 N–H and O–H groups in total. The summed E-state index contributed by atoms with van der Waals surface area (Å²) in [5.74, 6) is -1.53. The molecule has 2 aromatic heterocycles. The lowest BCUT2D eigenvalue weighted by Gasteiger charge is -2.19. The number of carbonyl (C=O) groups excluding carboxylic acids is 1. The number of aliphatic hydroxyl groups excluding tert-OH is 4. The van der Waals surface area contributed by atoms with Crippen molar-refractivity contribution in [2.45, 2.75) is 18.3 Å². The molecule has 0 fully saturated rings. The highest BCUT2D eigenvalue weighted by molar-refractivity contribution is 5.98. The molecular formula is C10H13N5O5. The molecule has 0 saturated heterocycles. The third kappa shape index (κ3) is 2.44. The second-order valence-electron chi connectivity index (χ2n) is 4.08. The number of hydrogen-bond acceptors (Lipinski definition) is 9. The Kier molecular flexibility index (Phi) is 3.90. The van der Waals surface area contributed by atoms with Crippen molar-refractivity contribution in [2.75, 3.05) is 12.3 Å². The molecule has 10 heteroatoms. The highest BCUT2D eigenvalue weighted by Crippen LogP contribution is 2.14. The van der Waals surface area contributed by atoms with Gasteiger partial charge in [0.15, 0.2) is 11.5 Å². The number of fused-ring (bicyclic) bond motifs is 1. The van der Waals surface area contributed by atoms with Gasteiger partial charge in [-0.05, 0) is 0 Å². The average Bonchev–Trinajstić information content (AvgIpc) is 2.92. The van der Waals surface area contributed by atoms with E-state index in [2.05, 4.69) is 19.9 Å². The summed E-state index contributed by atoms with van der Waals surface area (Å²) < 4.78 is 0. The number of Topliss-reactive ketones (excluding diaryl/α,β-unsaturated/α-hetero) is 1. The Morgan fingerprint density at radius 2 is 2.05 bits per heavy atom. The van der Waals surface area contributed by atoms with Crippen molar-refractivity contribution in [1.82, 2.24) is 19.9 Å². The predicted octanol–water partition coefficient (Wildman–Crippen LogP) is -2.81. The minimum atomic E-state index is -1.99. The molecule has 0 amide bonds. The van der Waals surface area contributed by atoms with Gasteiger partial charge in [0, 0.05) is 0 Å². The van der Waals surface area contributed by atoms with Crippen LogP contribution in [0.3, 0.4) is 0 Å². The predicted molar refractivity (Wildman–Crippen MR) is 65.5 cm³/mol. The van der Waals surface area contributed by atoms with E-state index in [-0.39, 0.29) is 11.5 Å². The largest absolute Gasteiger partial charge is 0.394 e.